The van der Waals surface area contributed by atoms with Gasteiger partial charge in [0.05, 0.1) is 5.88 Å². The van der Waals surface area contributed by atoms with Crippen LogP contribution in [0.4, 0.5) is 0 Å². The van der Waals surface area contributed by atoms with Crippen molar-refractivity contribution in [1.29, 1.82) is 0 Å². The molecule has 1 aromatic heterocycles. The van der Waals surface area contributed by atoms with Gasteiger partial charge in [-0.15, -0.1) is 24.0 Å². The van der Waals surface area contributed by atoms with Gasteiger partial charge in [0.15, 0.2) is 0 Å². The third-order valence-corrected chi connectivity index (χ3v) is 1.89. The zero-order chi connectivity index (χ0) is 7.56. The monoisotopic (exact) mass is 231 g/mol. The molecule has 62 valence electrons. The van der Waals surface area contributed by atoms with E-state index in [9.17, 15) is 0 Å². The van der Waals surface area contributed by atoms with E-state index in [1.807, 2.05) is 0 Å². The maximum Gasteiger partial charge on any atom is 0.130 e. The van der Waals surface area contributed by atoms with E-state index in [-0.39, 0.29) is 12.4 Å². The first-order valence-electron chi connectivity index (χ1n) is 2.60. The second-order valence-corrected chi connectivity index (χ2v) is 2.79. The molecule has 0 atom stereocenters. The first-order chi connectivity index (χ1) is 4.74. The summed E-state index contributed by atoms with van der Waals surface area (Å²) in [4.78, 5) is 3.81. The Labute approximate surface area is 86.1 Å². The summed E-state index contributed by atoms with van der Waals surface area (Å²) in [6.45, 7) is 0. The molecular weight excluding hydrogens is 228 g/mol. The van der Waals surface area contributed by atoms with Crippen LogP contribution in [0.1, 0.15) is 5.56 Å². The van der Waals surface area contributed by atoms with E-state index in [1.165, 1.54) is 0 Å². The van der Waals surface area contributed by atoms with Crippen LogP contribution in [0.15, 0.2) is 12.3 Å². The molecule has 0 saturated heterocycles. The van der Waals surface area contributed by atoms with E-state index < -0.39 is 0 Å². The van der Waals surface area contributed by atoms with Gasteiger partial charge in [0.2, 0.25) is 0 Å². The zero-order valence-electron chi connectivity index (χ0n) is 5.35. The number of hydrogen-bond acceptors (Lipinski definition) is 1. The zero-order valence-corrected chi connectivity index (χ0v) is 8.44. The fourth-order valence-corrected chi connectivity index (χ4v) is 1.25. The van der Waals surface area contributed by atoms with Crippen LogP contribution < -0.4 is 0 Å². The first-order valence-corrected chi connectivity index (χ1v) is 3.89. The molecule has 0 spiro atoms. The molecule has 1 nitrogen and oxygen atoms in total. The van der Waals surface area contributed by atoms with Gasteiger partial charge in [0.1, 0.15) is 5.15 Å². The van der Waals surface area contributed by atoms with Crippen molar-refractivity contribution in [1.82, 2.24) is 4.98 Å². The van der Waals surface area contributed by atoms with Crippen LogP contribution in [0.25, 0.3) is 0 Å². The average Bonchev–Trinajstić information content (AvgIpc) is 1.88. The highest BCUT2D eigenvalue weighted by Crippen LogP contribution is 2.19. The molecule has 0 bridgehead atoms. The largest absolute Gasteiger partial charge is 0.244 e. The van der Waals surface area contributed by atoms with Gasteiger partial charge in [0, 0.05) is 16.8 Å². The summed E-state index contributed by atoms with van der Waals surface area (Å²) < 4.78 is 0. The molecule has 0 aromatic carbocycles. The van der Waals surface area contributed by atoms with Gasteiger partial charge in [-0.2, -0.15) is 0 Å². The molecule has 1 aromatic rings. The summed E-state index contributed by atoms with van der Waals surface area (Å²) in [5, 5.41) is 0.953. The number of rotatable bonds is 1. The molecule has 0 radical (unpaired) electrons. The van der Waals surface area contributed by atoms with Gasteiger partial charge in [-0.05, 0) is 6.07 Å². The first kappa shape index (κ1) is 11.3. The van der Waals surface area contributed by atoms with Crippen LogP contribution in [0.3, 0.4) is 0 Å². The van der Waals surface area contributed by atoms with Crippen molar-refractivity contribution in [3.63, 3.8) is 0 Å². The van der Waals surface area contributed by atoms with E-state index in [4.69, 9.17) is 34.8 Å². The van der Waals surface area contributed by atoms with Gasteiger partial charge in [-0.3, -0.25) is 0 Å². The van der Waals surface area contributed by atoms with Crippen LogP contribution in [0, 0.1) is 0 Å². The molecule has 0 saturated carbocycles. The number of pyridine rings is 1. The molecule has 0 aliphatic carbocycles. The summed E-state index contributed by atoms with van der Waals surface area (Å²) in [6, 6.07) is 1.57. The molecule has 1 rings (SSSR count). The van der Waals surface area contributed by atoms with E-state index >= 15 is 0 Å². The highest BCUT2D eigenvalue weighted by Gasteiger charge is 1.98. The fourth-order valence-electron chi connectivity index (χ4n) is 0.534. The molecule has 0 aliphatic heterocycles. The molecule has 11 heavy (non-hydrogen) atoms. The molecule has 0 amide bonds. The lowest BCUT2D eigenvalue weighted by Crippen LogP contribution is -1.82. The normalized spacial score (nSPS) is 9.00. The topological polar surface area (TPSA) is 12.9 Å². The third-order valence-electron chi connectivity index (χ3n) is 1.04. The Morgan fingerprint density at radius 1 is 1.36 bits per heavy atom. The third kappa shape index (κ3) is 3.04. The molecule has 1 heterocycles. The van der Waals surface area contributed by atoms with Crippen molar-refractivity contribution in [2.75, 3.05) is 0 Å². The standard InChI is InChI=1S/C6H4Cl3N.ClH/c7-2-4-3-10-6(9)1-5(4)8;/h1,3H,2H2;1H. The van der Waals surface area contributed by atoms with Crippen molar-refractivity contribution < 1.29 is 0 Å². The van der Waals surface area contributed by atoms with E-state index in [0.29, 0.717) is 16.1 Å². The SMILES string of the molecule is Cl.ClCc1cnc(Cl)cc1Cl. The smallest absolute Gasteiger partial charge is 0.130 e. The number of hydrogen-bond donors (Lipinski definition) is 0. The minimum Gasteiger partial charge on any atom is -0.244 e. The number of alkyl halides is 1. The van der Waals surface area contributed by atoms with Crippen LogP contribution in [0.5, 0.6) is 0 Å². The Kier molecular flexibility index (Phi) is 5.19. The quantitative estimate of drug-likeness (QED) is 0.533. The van der Waals surface area contributed by atoms with Gasteiger partial charge >= 0.3 is 0 Å². The van der Waals surface area contributed by atoms with Gasteiger partial charge < -0.3 is 0 Å². The van der Waals surface area contributed by atoms with Crippen LogP contribution in [-0.4, -0.2) is 4.98 Å². The Hall–Kier alpha value is 0.310. The second-order valence-electron chi connectivity index (χ2n) is 1.73. The molecule has 0 N–H and O–H groups in total. The molecule has 0 aliphatic rings. The summed E-state index contributed by atoms with van der Waals surface area (Å²) in [5.41, 5.74) is 0.799. The average molecular weight is 233 g/mol. The minimum atomic E-state index is 0. The van der Waals surface area contributed by atoms with Gasteiger partial charge in [0.25, 0.3) is 0 Å². The number of aromatic nitrogens is 1. The van der Waals surface area contributed by atoms with Crippen molar-refractivity contribution in [2.24, 2.45) is 0 Å². The van der Waals surface area contributed by atoms with Crippen molar-refractivity contribution in [3.05, 3.63) is 28.0 Å². The fraction of sp³-hybridized carbons (Fsp3) is 0.167. The highest BCUT2D eigenvalue weighted by molar-refractivity contribution is 6.34. The number of nitrogens with zero attached hydrogens (tertiary/aromatic N) is 1. The lowest BCUT2D eigenvalue weighted by Gasteiger charge is -1.96. The van der Waals surface area contributed by atoms with Crippen LogP contribution in [-0.2, 0) is 5.88 Å². The summed E-state index contributed by atoms with van der Waals surface area (Å²) in [6.07, 6.45) is 1.57. The van der Waals surface area contributed by atoms with Crippen molar-refractivity contribution in [2.45, 2.75) is 5.88 Å². The maximum atomic E-state index is 5.72. The van der Waals surface area contributed by atoms with Crippen molar-refractivity contribution >= 4 is 47.2 Å². The predicted octanol–water partition coefficient (Wildman–Crippen LogP) is 3.55. The molecule has 0 fully saturated rings. The van der Waals surface area contributed by atoms with Crippen LogP contribution in [0.2, 0.25) is 10.2 Å². The lowest BCUT2D eigenvalue weighted by atomic mass is 10.3. The summed E-state index contributed by atoms with van der Waals surface area (Å²) in [7, 11) is 0. The molecular formula is C6H5Cl4N. The highest BCUT2D eigenvalue weighted by atomic mass is 35.5. The van der Waals surface area contributed by atoms with Gasteiger partial charge in [-0.1, -0.05) is 23.2 Å². The summed E-state index contributed by atoms with van der Waals surface area (Å²) in [5.74, 6) is 0.364. The Morgan fingerprint density at radius 2 is 2.00 bits per heavy atom. The second kappa shape index (κ2) is 5.04. The Balaban J connectivity index is 0.000001000. The van der Waals surface area contributed by atoms with E-state index in [1.54, 1.807) is 12.3 Å². The summed E-state index contributed by atoms with van der Waals surface area (Å²) >= 11 is 16.8. The van der Waals surface area contributed by atoms with E-state index in [0.717, 1.165) is 5.56 Å². The van der Waals surface area contributed by atoms with Gasteiger partial charge in [-0.25, -0.2) is 4.98 Å². The molecule has 5 heteroatoms. The minimum absolute atomic E-state index is 0. The van der Waals surface area contributed by atoms with Crippen molar-refractivity contribution in [3.8, 4) is 0 Å². The Bertz CT molecular complexity index is 238. The van der Waals surface area contributed by atoms with E-state index in [2.05, 4.69) is 4.98 Å². The Morgan fingerprint density at radius 3 is 2.45 bits per heavy atom. The predicted molar refractivity (Wildman–Crippen MR) is 51.1 cm³/mol. The number of halogens is 4. The lowest BCUT2D eigenvalue weighted by molar-refractivity contribution is 1.25. The van der Waals surface area contributed by atoms with Crippen LogP contribution >= 0.6 is 47.2 Å². The maximum absolute atomic E-state index is 5.72. The molecule has 0 unspecified atom stereocenters.